The molecule has 4 rings (SSSR count). The summed E-state index contributed by atoms with van der Waals surface area (Å²) in [4.78, 5) is 20.2. The molecule has 1 aliphatic rings. The Morgan fingerprint density at radius 1 is 1.19 bits per heavy atom. The zero-order valence-corrected chi connectivity index (χ0v) is 15.9. The quantitative estimate of drug-likeness (QED) is 0.649. The molecule has 140 valence electrons. The second-order valence-electron chi connectivity index (χ2n) is 7.21. The van der Waals surface area contributed by atoms with Crippen LogP contribution in [0.1, 0.15) is 29.0 Å². The van der Waals surface area contributed by atoms with Gasteiger partial charge in [-0.05, 0) is 43.7 Å². The van der Waals surface area contributed by atoms with Crippen LogP contribution in [0.4, 0.5) is 0 Å². The molecule has 5 heteroatoms. The third-order valence-electron chi connectivity index (χ3n) is 5.49. The van der Waals surface area contributed by atoms with E-state index in [1.165, 1.54) is 0 Å². The van der Waals surface area contributed by atoms with Gasteiger partial charge in [0.1, 0.15) is 11.6 Å². The number of nitrogens with zero attached hydrogens (tertiary/aromatic N) is 3. The molecule has 5 nitrogen and oxygen atoms in total. The molecular formula is C22H25N3O2. The van der Waals surface area contributed by atoms with E-state index in [-0.39, 0.29) is 11.7 Å². The Hall–Kier alpha value is -2.66. The van der Waals surface area contributed by atoms with Gasteiger partial charge in [0.25, 0.3) is 0 Å². The molecule has 1 fully saturated rings. The fourth-order valence-corrected chi connectivity index (χ4v) is 4.02. The first-order chi connectivity index (χ1) is 13.2. The molecule has 2 heterocycles. The van der Waals surface area contributed by atoms with Crippen molar-refractivity contribution >= 4 is 16.8 Å². The highest BCUT2D eigenvalue weighted by Crippen LogP contribution is 2.27. The minimum atomic E-state index is 0.00438. The van der Waals surface area contributed by atoms with Crippen molar-refractivity contribution in [3.05, 3.63) is 59.9 Å². The highest BCUT2D eigenvalue weighted by atomic mass is 16.5. The van der Waals surface area contributed by atoms with Crippen molar-refractivity contribution in [3.8, 4) is 5.75 Å². The third-order valence-corrected chi connectivity index (χ3v) is 5.49. The van der Waals surface area contributed by atoms with Gasteiger partial charge in [-0.25, -0.2) is 4.98 Å². The first kappa shape index (κ1) is 17.7. The summed E-state index contributed by atoms with van der Waals surface area (Å²) >= 11 is 0. The number of benzene rings is 2. The van der Waals surface area contributed by atoms with Crippen LogP contribution < -0.4 is 4.74 Å². The second-order valence-corrected chi connectivity index (χ2v) is 7.21. The summed E-state index contributed by atoms with van der Waals surface area (Å²) < 4.78 is 7.54. The normalized spacial score (nSPS) is 17.9. The molecule has 0 bridgehead atoms. The van der Waals surface area contributed by atoms with E-state index in [1.54, 1.807) is 7.11 Å². The van der Waals surface area contributed by atoms with Crippen LogP contribution in [-0.2, 0) is 13.6 Å². The fourth-order valence-electron chi connectivity index (χ4n) is 4.02. The maximum atomic E-state index is 13.1. The largest absolute Gasteiger partial charge is 0.496 e. The monoisotopic (exact) mass is 363 g/mol. The molecule has 0 amide bonds. The average Bonchev–Trinajstić information content (AvgIpc) is 3.03. The topological polar surface area (TPSA) is 47.4 Å². The van der Waals surface area contributed by atoms with E-state index in [0.717, 1.165) is 49.3 Å². The number of likely N-dealkylation sites (tertiary alicyclic amines) is 1. The first-order valence-electron chi connectivity index (χ1n) is 9.47. The number of Topliss-reactive ketones (excluding diaryl/α,β-unsaturated/α-hetero) is 1. The van der Waals surface area contributed by atoms with Crippen molar-refractivity contribution in [3.63, 3.8) is 0 Å². The zero-order valence-electron chi connectivity index (χ0n) is 15.9. The smallest absolute Gasteiger partial charge is 0.170 e. The molecular weight excluding hydrogens is 338 g/mol. The van der Waals surface area contributed by atoms with E-state index in [9.17, 15) is 4.79 Å². The summed E-state index contributed by atoms with van der Waals surface area (Å²) in [5.41, 5.74) is 2.86. The van der Waals surface area contributed by atoms with Gasteiger partial charge < -0.3 is 9.30 Å². The van der Waals surface area contributed by atoms with Crippen molar-refractivity contribution in [2.45, 2.75) is 19.4 Å². The summed E-state index contributed by atoms with van der Waals surface area (Å²) in [5.74, 6) is 1.89. The van der Waals surface area contributed by atoms with Gasteiger partial charge >= 0.3 is 0 Å². The summed E-state index contributed by atoms with van der Waals surface area (Å²) in [6, 6.07) is 15.7. The Kier molecular flexibility index (Phi) is 4.94. The van der Waals surface area contributed by atoms with Gasteiger partial charge in [-0.2, -0.15) is 0 Å². The van der Waals surface area contributed by atoms with Gasteiger partial charge in [0.05, 0.1) is 30.3 Å². The summed E-state index contributed by atoms with van der Waals surface area (Å²) in [6.07, 6.45) is 1.95. The number of para-hydroxylation sites is 3. The Labute approximate surface area is 159 Å². The predicted octanol–water partition coefficient (Wildman–Crippen LogP) is 3.68. The number of fused-ring (bicyclic) bond motifs is 1. The number of piperidine rings is 1. The number of carbonyl (C=O) groups is 1. The first-order valence-corrected chi connectivity index (χ1v) is 9.47. The number of ketones is 1. The van der Waals surface area contributed by atoms with Crippen molar-refractivity contribution in [2.24, 2.45) is 13.0 Å². The van der Waals surface area contributed by atoms with Crippen LogP contribution in [0.2, 0.25) is 0 Å². The number of ether oxygens (including phenoxy) is 1. The molecule has 0 radical (unpaired) electrons. The standard InChI is InChI=1S/C22H25N3O2/c1-24-19-11-5-4-10-18(19)23-21(24)15-25-13-7-8-16(14-25)22(26)17-9-3-6-12-20(17)27-2/h3-6,9-12,16H,7-8,13-15H2,1-2H3/t16-/m0/s1. The van der Waals surface area contributed by atoms with Gasteiger partial charge in [0.2, 0.25) is 0 Å². The van der Waals surface area contributed by atoms with Crippen LogP contribution in [-0.4, -0.2) is 40.4 Å². The number of imidazole rings is 1. The number of hydrogen-bond acceptors (Lipinski definition) is 4. The van der Waals surface area contributed by atoms with Crippen molar-refractivity contribution < 1.29 is 9.53 Å². The lowest BCUT2D eigenvalue weighted by atomic mass is 9.89. The molecule has 27 heavy (non-hydrogen) atoms. The van der Waals surface area contributed by atoms with Gasteiger partial charge in [-0.1, -0.05) is 24.3 Å². The Bertz CT molecular complexity index is 963. The third kappa shape index (κ3) is 3.47. The number of methoxy groups -OCH3 is 1. The summed E-state index contributed by atoms with van der Waals surface area (Å²) in [5, 5.41) is 0. The molecule has 3 aromatic rings. The molecule has 1 atom stereocenters. The predicted molar refractivity (Wildman–Crippen MR) is 106 cm³/mol. The minimum Gasteiger partial charge on any atom is -0.496 e. The SMILES string of the molecule is COc1ccccc1C(=O)[C@H]1CCCN(Cc2nc3ccccc3n2C)C1. The maximum absolute atomic E-state index is 13.1. The Balaban J connectivity index is 1.51. The molecule has 2 aromatic carbocycles. The van der Waals surface area contributed by atoms with Crippen LogP contribution in [0.15, 0.2) is 48.5 Å². The number of carbonyl (C=O) groups excluding carboxylic acids is 1. The molecule has 1 aromatic heterocycles. The lowest BCUT2D eigenvalue weighted by Crippen LogP contribution is -2.38. The molecule has 1 saturated heterocycles. The van der Waals surface area contributed by atoms with E-state index in [0.29, 0.717) is 11.3 Å². The lowest BCUT2D eigenvalue weighted by Gasteiger charge is -2.31. The van der Waals surface area contributed by atoms with E-state index in [4.69, 9.17) is 9.72 Å². The Morgan fingerprint density at radius 2 is 1.96 bits per heavy atom. The molecule has 0 saturated carbocycles. The minimum absolute atomic E-state index is 0.00438. The highest BCUT2D eigenvalue weighted by Gasteiger charge is 2.28. The molecule has 0 aliphatic carbocycles. The molecule has 0 N–H and O–H groups in total. The van der Waals surface area contributed by atoms with Gasteiger partial charge in [0, 0.05) is 19.5 Å². The van der Waals surface area contributed by atoms with Crippen LogP contribution in [0.5, 0.6) is 5.75 Å². The molecule has 0 spiro atoms. The van der Waals surface area contributed by atoms with Crippen molar-refractivity contribution in [2.75, 3.05) is 20.2 Å². The van der Waals surface area contributed by atoms with E-state index >= 15 is 0 Å². The van der Waals surface area contributed by atoms with Gasteiger partial charge in [-0.15, -0.1) is 0 Å². The highest BCUT2D eigenvalue weighted by molar-refractivity contribution is 6.00. The second kappa shape index (κ2) is 7.53. The van der Waals surface area contributed by atoms with Crippen molar-refractivity contribution in [1.29, 1.82) is 0 Å². The van der Waals surface area contributed by atoms with Gasteiger partial charge in [-0.3, -0.25) is 9.69 Å². The molecule has 1 aliphatic heterocycles. The number of aromatic nitrogens is 2. The molecule has 0 unspecified atom stereocenters. The van der Waals surface area contributed by atoms with Crippen molar-refractivity contribution in [1.82, 2.24) is 14.5 Å². The van der Waals surface area contributed by atoms with Crippen LogP contribution in [0.25, 0.3) is 11.0 Å². The summed E-state index contributed by atoms with van der Waals surface area (Å²) in [7, 11) is 3.68. The maximum Gasteiger partial charge on any atom is 0.170 e. The van der Waals surface area contributed by atoms with Crippen LogP contribution in [0.3, 0.4) is 0 Å². The van der Waals surface area contributed by atoms with E-state index in [2.05, 4.69) is 22.6 Å². The fraction of sp³-hybridized carbons (Fsp3) is 0.364. The number of hydrogen-bond donors (Lipinski definition) is 0. The summed E-state index contributed by atoms with van der Waals surface area (Å²) in [6.45, 7) is 2.53. The Morgan fingerprint density at radius 3 is 2.78 bits per heavy atom. The van der Waals surface area contributed by atoms with E-state index in [1.807, 2.05) is 42.5 Å². The van der Waals surface area contributed by atoms with Crippen LogP contribution in [0, 0.1) is 5.92 Å². The van der Waals surface area contributed by atoms with Crippen LogP contribution >= 0.6 is 0 Å². The lowest BCUT2D eigenvalue weighted by molar-refractivity contribution is 0.0804. The number of rotatable bonds is 5. The zero-order chi connectivity index (χ0) is 18.8. The van der Waals surface area contributed by atoms with Gasteiger partial charge in [0.15, 0.2) is 5.78 Å². The average molecular weight is 363 g/mol. The van der Waals surface area contributed by atoms with E-state index < -0.39 is 0 Å². The number of aryl methyl sites for hydroxylation is 1.